The van der Waals surface area contributed by atoms with Gasteiger partial charge >= 0.3 is 5.97 Å². The first-order valence-corrected chi connectivity index (χ1v) is 6.90. The molecule has 0 saturated heterocycles. The molecule has 1 atom stereocenters. The van der Waals surface area contributed by atoms with Crippen LogP contribution in [0.4, 0.5) is 5.82 Å². The molecular formula is C17H20N2O2. The lowest BCUT2D eigenvalue weighted by molar-refractivity contribution is 0.0599. The van der Waals surface area contributed by atoms with Crippen LogP contribution in [0.2, 0.25) is 0 Å². The number of nitrogens with zero attached hydrogens (tertiary/aromatic N) is 1. The molecule has 4 heteroatoms. The van der Waals surface area contributed by atoms with E-state index in [0.717, 1.165) is 5.82 Å². The molecule has 0 fully saturated rings. The Morgan fingerprint density at radius 3 is 2.38 bits per heavy atom. The Kier molecular flexibility index (Phi) is 4.58. The molecule has 0 amide bonds. The Morgan fingerprint density at radius 2 is 1.81 bits per heavy atom. The summed E-state index contributed by atoms with van der Waals surface area (Å²) in [6.07, 6.45) is 0. The molecule has 4 nitrogen and oxygen atoms in total. The van der Waals surface area contributed by atoms with Crippen LogP contribution in [0.15, 0.2) is 36.4 Å². The monoisotopic (exact) mass is 284 g/mol. The van der Waals surface area contributed by atoms with Crippen molar-refractivity contribution in [2.24, 2.45) is 0 Å². The number of methoxy groups -OCH3 is 1. The van der Waals surface area contributed by atoms with Gasteiger partial charge in [-0.05, 0) is 38.5 Å². The minimum Gasteiger partial charge on any atom is -0.465 e. The largest absolute Gasteiger partial charge is 0.465 e. The number of rotatable bonds is 4. The fraction of sp³-hybridized carbons (Fsp3) is 0.294. The lowest BCUT2D eigenvalue weighted by Gasteiger charge is -2.16. The maximum atomic E-state index is 11.5. The Labute approximate surface area is 125 Å². The number of nitrogens with one attached hydrogen (secondary N) is 1. The fourth-order valence-corrected chi connectivity index (χ4v) is 2.13. The van der Waals surface area contributed by atoms with Gasteiger partial charge in [0.1, 0.15) is 5.82 Å². The topological polar surface area (TPSA) is 51.2 Å². The first-order valence-electron chi connectivity index (χ1n) is 6.90. The molecule has 1 heterocycles. The van der Waals surface area contributed by atoms with E-state index in [1.165, 1.54) is 18.2 Å². The number of aryl methyl sites for hydroxylation is 2. The molecule has 1 unspecified atom stereocenters. The van der Waals surface area contributed by atoms with E-state index in [-0.39, 0.29) is 12.0 Å². The van der Waals surface area contributed by atoms with Crippen LogP contribution in [0.5, 0.6) is 0 Å². The van der Waals surface area contributed by atoms with Crippen molar-refractivity contribution >= 4 is 11.8 Å². The first kappa shape index (κ1) is 15.0. The van der Waals surface area contributed by atoms with Crippen LogP contribution in [0.3, 0.4) is 0 Å². The van der Waals surface area contributed by atoms with Crippen LogP contribution in [-0.4, -0.2) is 18.1 Å². The second kappa shape index (κ2) is 6.39. The average Bonchev–Trinajstić information content (AvgIpc) is 2.47. The van der Waals surface area contributed by atoms with Crippen molar-refractivity contribution in [3.8, 4) is 0 Å². The van der Waals surface area contributed by atoms with Gasteiger partial charge in [-0.2, -0.15) is 0 Å². The highest BCUT2D eigenvalue weighted by molar-refractivity contribution is 5.90. The van der Waals surface area contributed by atoms with Gasteiger partial charge < -0.3 is 10.1 Å². The number of carbonyl (C=O) groups excluding carboxylic acids is 1. The zero-order valence-electron chi connectivity index (χ0n) is 12.8. The van der Waals surface area contributed by atoms with Crippen LogP contribution >= 0.6 is 0 Å². The molecule has 1 aromatic carbocycles. The summed E-state index contributed by atoms with van der Waals surface area (Å²) < 4.78 is 4.72. The minimum atomic E-state index is -0.363. The number of hydrogen-bond donors (Lipinski definition) is 1. The van der Waals surface area contributed by atoms with Gasteiger partial charge in [-0.25, -0.2) is 9.78 Å². The predicted molar refractivity (Wildman–Crippen MR) is 83.5 cm³/mol. The quantitative estimate of drug-likeness (QED) is 0.871. The molecule has 2 aromatic rings. The molecule has 21 heavy (non-hydrogen) atoms. The Hall–Kier alpha value is -2.36. The lowest BCUT2D eigenvalue weighted by Crippen LogP contribution is -2.10. The number of hydrogen-bond acceptors (Lipinski definition) is 4. The third kappa shape index (κ3) is 3.60. The van der Waals surface area contributed by atoms with Gasteiger partial charge in [0.25, 0.3) is 0 Å². The van der Waals surface area contributed by atoms with Crippen molar-refractivity contribution < 1.29 is 9.53 Å². The zero-order valence-corrected chi connectivity index (χ0v) is 12.8. The summed E-state index contributed by atoms with van der Waals surface area (Å²) in [6.45, 7) is 5.95. The highest BCUT2D eigenvalue weighted by Gasteiger charge is 2.12. The van der Waals surface area contributed by atoms with E-state index < -0.39 is 0 Å². The molecule has 1 aromatic heterocycles. The van der Waals surface area contributed by atoms with Gasteiger partial charge in [-0.15, -0.1) is 0 Å². The van der Waals surface area contributed by atoms with Crippen LogP contribution in [-0.2, 0) is 4.74 Å². The lowest BCUT2D eigenvalue weighted by atomic mass is 10.1. The van der Waals surface area contributed by atoms with E-state index in [1.54, 1.807) is 19.1 Å². The van der Waals surface area contributed by atoms with Crippen molar-refractivity contribution in [1.29, 1.82) is 0 Å². The van der Waals surface area contributed by atoms with E-state index in [4.69, 9.17) is 4.74 Å². The summed E-state index contributed by atoms with van der Waals surface area (Å²) >= 11 is 0. The Balaban J connectivity index is 2.14. The van der Waals surface area contributed by atoms with Gasteiger partial charge in [0.2, 0.25) is 0 Å². The van der Waals surface area contributed by atoms with Crippen LogP contribution in [0.25, 0.3) is 0 Å². The van der Waals surface area contributed by atoms with Gasteiger partial charge in [0.15, 0.2) is 0 Å². The van der Waals surface area contributed by atoms with Crippen molar-refractivity contribution in [1.82, 2.24) is 4.98 Å². The van der Waals surface area contributed by atoms with Gasteiger partial charge in [0, 0.05) is 6.04 Å². The molecule has 2 rings (SSSR count). The van der Waals surface area contributed by atoms with Crippen molar-refractivity contribution in [3.63, 3.8) is 0 Å². The number of pyridine rings is 1. The molecule has 0 saturated carbocycles. The predicted octanol–water partition coefficient (Wildman–Crippen LogP) is 3.66. The number of benzene rings is 1. The number of ether oxygens (including phenoxy) is 1. The molecule has 0 radical (unpaired) electrons. The fourth-order valence-electron chi connectivity index (χ4n) is 2.13. The van der Waals surface area contributed by atoms with Crippen LogP contribution in [0.1, 0.15) is 40.1 Å². The van der Waals surface area contributed by atoms with Crippen molar-refractivity contribution in [3.05, 3.63) is 58.8 Å². The molecule has 110 valence electrons. The number of aromatic nitrogens is 1. The SMILES string of the molecule is COC(=O)c1ccc(NC(C)c2ccc(C)cc2)nc1C. The smallest absolute Gasteiger partial charge is 0.339 e. The third-order valence-electron chi connectivity index (χ3n) is 3.43. The maximum Gasteiger partial charge on any atom is 0.339 e. The zero-order chi connectivity index (χ0) is 15.4. The van der Waals surface area contributed by atoms with Crippen LogP contribution in [0, 0.1) is 13.8 Å². The van der Waals surface area contributed by atoms with Crippen LogP contribution < -0.4 is 5.32 Å². The highest BCUT2D eigenvalue weighted by Crippen LogP contribution is 2.19. The summed E-state index contributed by atoms with van der Waals surface area (Å²) in [6, 6.07) is 12.0. The number of anilines is 1. The summed E-state index contributed by atoms with van der Waals surface area (Å²) in [7, 11) is 1.37. The summed E-state index contributed by atoms with van der Waals surface area (Å²) in [5.74, 6) is 0.381. The van der Waals surface area contributed by atoms with Crippen molar-refractivity contribution in [2.75, 3.05) is 12.4 Å². The average molecular weight is 284 g/mol. The Bertz CT molecular complexity index is 636. The minimum absolute atomic E-state index is 0.140. The molecule has 0 bridgehead atoms. The number of carbonyl (C=O) groups is 1. The van der Waals surface area contributed by atoms with E-state index in [2.05, 4.69) is 48.4 Å². The molecule has 0 aliphatic rings. The molecule has 0 aliphatic heterocycles. The summed E-state index contributed by atoms with van der Waals surface area (Å²) in [4.78, 5) is 16.0. The van der Waals surface area contributed by atoms with Crippen molar-refractivity contribution in [2.45, 2.75) is 26.8 Å². The molecule has 0 spiro atoms. The highest BCUT2D eigenvalue weighted by atomic mass is 16.5. The summed E-state index contributed by atoms with van der Waals surface area (Å²) in [5, 5.41) is 3.34. The molecule has 0 aliphatic carbocycles. The number of esters is 1. The van der Waals surface area contributed by atoms with Gasteiger partial charge in [-0.3, -0.25) is 0 Å². The standard InChI is InChI=1S/C17H20N2O2/c1-11-5-7-14(8-6-11)12(2)18-16-10-9-15(13(3)19-16)17(20)21-4/h5-10,12H,1-4H3,(H,18,19). The first-order chi connectivity index (χ1) is 10.0. The van der Waals surface area contributed by atoms with E-state index in [0.29, 0.717) is 11.3 Å². The summed E-state index contributed by atoms with van der Waals surface area (Å²) in [5.41, 5.74) is 3.58. The van der Waals surface area contributed by atoms with E-state index in [1.807, 2.05) is 0 Å². The second-order valence-corrected chi connectivity index (χ2v) is 5.10. The third-order valence-corrected chi connectivity index (χ3v) is 3.43. The molecule has 1 N–H and O–H groups in total. The molecular weight excluding hydrogens is 264 g/mol. The second-order valence-electron chi connectivity index (χ2n) is 5.10. The van der Waals surface area contributed by atoms with Gasteiger partial charge in [0.05, 0.1) is 18.4 Å². The normalized spacial score (nSPS) is 11.8. The van der Waals surface area contributed by atoms with E-state index in [9.17, 15) is 4.79 Å². The Morgan fingerprint density at radius 1 is 1.14 bits per heavy atom. The maximum absolute atomic E-state index is 11.5. The van der Waals surface area contributed by atoms with Gasteiger partial charge in [-0.1, -0.05) is 29.8 Å². The van der Waals surface area contributed by atoms with E-state index >= 15 is 0 Å².